The van der Waals surface area contributed by atoms with E-state index < -0.39 is 0 Å². The first kappa shape index (κ1) is 12.3. The lowest BCUT2D eigenvalue weighted by Gasteiger charge is -2.45. The Labute approximate surface area is 92.8 Å². The second-order valence-corrected chi connectivity index (χ2v) is 6.62. The molecule has 0 aliphatic carbocycles. The van der Waals surface area contributed by atoms with Crippen molar-refractivity contribution < 1.29 is 0 Å². The van der Waals surface area contributed by atoms with Gasteiger partial charge in [0.15, 0.2) is 0 Å². The molecule has 1 nitrogen and oxygen atoms in total. The number of piperidine rings is 1. The first-order chi connectivity index (χ1) is 6.49. The number of rotatable bonds is 3. The molecule has 0 amide bonds. The predicted molar refractivity (Wildman–Crippen MR) is 69.7 cm³/mol. The molecule has 0 bridgehead atoms. The minimum absolute atomic E-state index is 0.352. The van der Waals surface area contributed by atoms with Gasteiger partial charge < -0.3 is 0 Å². The van der Waals surface area contributed by atoms with E-state index in [0.29, 0.717) is 10.8 Å². The van der Waals surface area contributed by atoms with E-state index in [-0.39, 0.29) is 0 Å². The van der Waals surface area contributed by atoms with Gasteiger partial charge in [0.2, 0.25) is 0 Å². The third-order valence-electron chi connectivity index (χ3n) is 3.43. The summed E-state index contributed by atoms with van der Waals surface area (Å²) in [6, 6.07) is 1.41. The highest BCUT2D eigenvalue weighted by Crippen LogP contribution is 2.33. The molecule has 0 aromatic carbocycles. The molecule has 1 aliphatic rings. The summed E-state index contributed by atoms with van der Waals surface area (Å²) in [6.45, 7) is 10.6. The number of hydrogen-bond acceptors (Lipinski definition) is 1. The summed E-state index contributed by atoms with van der Waals surface area (Å²) >= 11 is 1.28. The lowest BCUT2D eigenvalue weighted by Crippen LogP contribution is -2.52. The van der Waals surface area contributed by atoms with Crippen LogP contribution in [0.1, 0.15) is 47.0 Å². The summed E-state index contributed by atoms with van der Waals surface area (Å²) < 4.78 is 0.352. The molecule has 14 heavy (non-hydrogen) atoms. The monoisotopic (exact) mass is 215 g/mol. The molecule has 1 aliphatic heterocycles. The van der Waals surface area contributed by atoms with Crippen LogP contribution in [0.5, 0.6) is 0 Å². The Morgan fingerprint density at radius 2 is 2.00 bits per heavy atom. The third-order valence-corrected chi connectivity index (χ3v) is 4.54. The Morgan fingerprint density at radius 1 is 1.36 bits per heavy atom. The average Bonchev–Trinajstić information content (AvgIpc) is 2.18. The Balaban J connectivity index is 2.77. The lowest BCUT2D eigenvalue weighted by molar-refractivity contribution is 0.0920. The van der Waals surface area contributed by atoms with Gasteiger partial charge in [0.05, 0.1) is 0 Å². The zero-order chi connectivity index (χ0) is 10.8. The zero-order valence-corrected chi connectivity index (χ0v) is 11.0. The fourth-order valence-corrected chi connectivity index (χ4v) is 2.92. The molecule has 0 N–H and O–H groups in total. The maximum Gasteiger partial charge on any atom is 0.0233 e. The Morgan fingerprint density at radius 3 is 2.50 bits per heavy atom. The van der Waals surface area contributed by atoms with E-state index in [1.54, 1.807) is 0 Å². The van der Waals surface area contributed by atoms with Crippen molar-refractivity contribution in [1.82, 2.24) is 4.90 Å². The molecule has 0 aromatic heterocycles. The smallest absolute Gasteiger partial charge is 0.0233 e. The van der Waals surface area contributed by atoms with Gasteiger partial charge in [-0.2, -0.15) is 0 Å². The summed E-state index contributed by atoms with van der Waals surface area (Å²) in [5.74, 6) is 4.07. The zero-order valence-electron chi connectivity index (χ0n) is 10.1. The van der Waals surface area contributed by atoms with E-state index in [1.807, 2.05) is 0 Å². The predicted octanol–water partition coefficient (Wildman–Crippen LogP) is 2.93. The third kappa shape index (κ3) is 2.60. The molecule has 1 fully saturated rings. The second kappa shape index (κ2) is 4.80. The van der Waals surface area contributed by atoms with Gasteiger partial charge in [0.25, 0.3) is 0 Å². The quantitative estimate of drug-likeness (QED) is 0.559. The summed E-state index contributed by atoms with van der Waals surface area (Å²) in [7, 11) is 0. The first-order valence-electron chi connectivity index (χ1n) is 5.72. The van der Waals surface area contributed by atoms with Crippen molar-refractivity contribution in [2.75, 3.05) is 6.54 Å². The molecule has 84 valence electrons. The van der Waals surface area contributed by atoms with Gasteiger partial charge in [-0.1, -0.05) is 12.3 Å². The molecular weight excluding hydrogens is 190 g/mol. The highest BCUT2D eigenvalue weighted by molar-refractivity contribution is 7.97. The maximum absolute atomic E-state index is 4.07. The fraction of sp³-hybridized carbons (Fsp3) is 0.917. The van der Waals surface area contributed by atoms with Gasteiger partial charge >= 0.3 is 0 Å². The van der Waals surface area contributed by atoms with Crippen LogP contribution in [0.25, 0.3) is 0 Å². The van der Waals surface area contributed by atoms with Crippen LogP contribution in [0, 0.1) is 0 Å². The summed E-state index contributed by atoms with van der Waals surface area (Å²) in [6.07, 6.45) is 4.12. The van der Waals surface area contributed by atoms with E-state index in [9.17, 15) is 0 Å². The van der Waals surface area contributed by atoms with Gasteiger partial charge in [0, 0.05) is 16.8 Å². The number of likely N-dealkylation sites (tertiary alicyclic amines) is 1. The van der Waals surface area contributed by atoms with Crippen LogP contribution in [0.4, 0.5) is 0 Å². The van der Waals surface area contributed by atoms with E-state index in [1.165, 1.54) is 37.2 Å². The molecule has 1 unspecified atom stereocenters. The number of hydrogen-bond donors (Lipinski definition) is 1. The van der Waals surface area contributed by atoms with Crippen LogP contribution < -0.4 is 0 Å². The molecule has 1 heterocycles. The van der Waals surface area contributed by atoms with Crippen LogP contribution in [0.3, 0.4) is 0 Å². The van der Waals surface area contributed by atoms with Gasteiger partial charge in [-0.05, 0) is 47.1 Å². The van der Waals surface area contributed by atoms with Crippen LogP contribution in [0.2, 0.25) is 0 Å². The fourth-order valence-electron chi connectivity index (χ4n) is 2.44. The lowest BCUT2D eigenvalue weighted by atomic mass is 9.91. The van der Waals surface area contributed by atoms with Gasteiger partial charge in [-0.25, -0.2) is 11.4 Å². The topological polar surface area (TPSA) is 3.24 Å². The summed E-state index contributed by atoms with van der Waals surface area (Å²) in [5.41, 5.74) is 0. The molecule has 0 aromatic rings. The molecule has 1 atom stereocenters. The van der Waals surface area contributed by atoms with Gasteiger partial charge in [-0.3, -0.25) is 4.90 Å². The average molecular weight is 215 g/mol. The highest BCUT2D eigenvalue weighted by atomic mass is 32.1. The maximum atomic E-state index is 4.07. The molecule has 0 saturated carbocycles. The van der Waals surface area contributed by atoms with E-state index in [2.05, 4.69) is 38.5 Å². The highest BCUT2D eigenvalue weighted by Gasteiger charge is 2.34. The van der Waals surface area contributed by atoms with Crippen LogP contribution in [-0.4, -0.2) is 34.1 Å². The molecular formula is C12H25NS. The minimum atomic E-state index is 0.352. The standard InChI is InChI=1S/C12H25NS/c1-10(2)13-9-7-6-8-11(13)12(3,4)14-5/h10-11,14H,5-9H2,1-4H3. The Kier molecular flexibility index (Phi) is 4.20. The SMILES string of the molecule is C=[SH]C(C)(C)C1CCCCN1C(C)C. The molecule has 0 spiro atoms. The Bertz CT molecular complexity index is 198. The first-order valence-corrected chi connectivity index (χ1v) is 6.80. The minimum Gasteiger partial charge on any atom is -0.297 e. The van der Waals surface area contributed by atoms with Crippen molar-refractivity contribution in [3.05, 3.63) is 0 Å². The van der Waals surface area contributed by atoms with Crippen molar-refractivity contribution in [2.24, 2.45) is 0 Å². The van der Waals surface area contributed by atoms with Crippen LogP contribution in [-0.2, 0) is 0 Å². The largest absolute Gasteiger partial charge is 0.297 e. The van der Waals surface area contributed by atoms with E-state index >= 15 is 0 Å². The summed E-state index contributed by atoms with van der Waals surface area (Å²) in [5, 5.41) is 0. The molecule has 0 radical (unpaired) electrons. The van der Waals surface area contributed by atoms with Crippen molar-refractivity contribution in [1.29, 1.82) is 0 Å². The Hall–Kier alpha value is 0.180. The summed E-state index contributed by atoms with van der Waals surface area (Å²) in [4.78, 5) is 2.67. The van der Waals surface area contributed by atoms with Crippen molar-refractivity contribution >= 4 is 17.2 Å². The van der Waals surface area contributed by atoms with Gasteiger partial charge in [-0.15, -0.1) is 0 Å². The molecule has 2 heteroatoms. The molecule has 1 rings (SSSR count). The van der Waals surface area contributed by atoms with Crippen molar-refractivity contribution in [3.8, 4) is 0 Å². The van der Waals surface area contributed by atoms with E-state index in [0.717, 1.165) is 6.04 Å². The normalized spacial score (nSPS) is 25.6. The second-order valence-electron chi connectivity index (χ2n) is 5.15. The van der Waals surface area contributed by atoms with Gasteiger partial charge in [0.1, 0.15) is 0 Å². The van der Waals surface area contributed by atoms with E-state index in [4.69, 9.17) is 0 Å². The van der Waals surface area contributed by atoms with Crippen molar-refractivity contribution in [2.45, 2.75) is 63.8 Å². The van der Waals surface area contributed by atoms with Crippen molar-refractivity contribution in [3.63, 3.8) is 0 Å². The number of thiol groups is 1. The van der Waals surface area contributed by atoms with Crippen LogP contribution in [0.15, 0.2) is 0 Å². The number of nitrogens with zero attached hydrogens (tertiary/aromatic N) is 1. The van der Waals surface area contributed by atoms with Crippen LogP contribution >= 0.6 is 11.4 Å². The molecule has 1 saturated heterocycles.